The Bertz CT molecular complexity index is 703. The van der Waals surface area contributed by atoms with Crippen LogP contribution in [0.25, 0.3) is 5.69 Å². The van der Waals surface area contributed by atoms with E-state index in [1.54, 1.807) is 6.20 Å². The van der Waals surface area contributed by atoms with E-state index in [9.17, 15) is 0 Å². The average molecular weight is 291 g/mol. The van der Waals surface area contributed by atoms with E-state index in [0.29, 0.717) is 6.04 Å². The second kappa shape index (κ2) is 3.69. The Morgan fingerprint density at radius 2 is 2.05 bits per heavy atom. The fourth-order valence-electron chi connectivity index (χ4n) is 3.26. The van der Waals surface area contributed by atoms with Crippen molar-refractivity contribution < 1.29 is 0 Å². The van der Waals surface area contributed by atoms with E-state index >= 15 is 0 Å². The molecule has 1 saturated carbocycles. The second-order valence-electron chi connectivity index (χ2n) is 5.75. The van der Waals surface area contributed by atoms with Gasteiger partial charge in [-0.1, -0.05) is 0 Å². The van der Waals surface area contributed by atoms with Gasteiger partial charge in [0.1, 0.15) is 17.1 Å². The molecule has 2 aromatic heterocycles. The number of nitrogens with zero attached hydrogens (tertiary/aromatic N) is 6. The largest absolute Gasteiger partial charge is 0.339 e. The van der Waals surface area contributed by atoms with Crippen molar-refractivity contribution in [1.29, 1.82) is 0 Å². The van der Waals surface area contributed by atoms with E-state index < -0.39 is 0 Å². The molecule has 0 radical (unpaired) electrons. The molecule has 0 amide bonds. The summed E-state index contributed by atoms with van der Waals surface area (Å²) in [6.45, 7) is 6.29. The van der Waals surface area contributed by atoms with E-state index in [2.05, 4.69) is 43.5 Å². The monoisotopic (exact) mass is 290 g/mol. The van der Waals surface area contributed by atoms with Crippen LogP contribution in [0.4, 0.5) is 5.82 Å². The van der Waals surface area contributed by atoms with Crippen molar-refractivity contribution in [2.45, 2.75) is 45.2 Å². The molecule has 7 heteroatoms. The van der Waals surface area contributed by atoms with Crippen molar-refractivity contribution in [2.75, 3.05) is 4.90 Å². The summed E-state index contributed by atoms with van der Waals surface area (Å²) < 4.78 is 2.07. The highest BCUT2D eigenvalue weighted by atomic mass is 35.5. The van der Waals surface area contributed by atoms with Crippen molar-refractivity contribution >= 4 is 17.4 Å². The van der Waals surface area contributed by atoms with Crippen LogP contribution in [0, 0.1) is 6.92 Å². The van der Waals surface area contributed by atoms with E-state index in [0.717, 1.165) is 36.0 Å². The van der Waals surface area contributed by atoms with Gasteiger partial charge < -0.3 is 4.90 Å². The second-order valence-corrected chi connectivity index (χ2v) is 6.09. The first-order chi connectivity index (χ1) is 9.54. The summed E-state index contributed by atoms with van der Waals surface area (Å²) in [5.41, 5.74) is 0.846. The number of aryl methyl sites for hydroxylation is 1. The molecule has 0 bridgehead atoms. The molecule has 0 N–H and O–H groups in total. The van der Waals surface area contributed by atoms with Crippen LogP contribution in [-0.2, 0) is 5.54 Å². The Morgan fingerprint density at radius 3 is 2.70 bits per heavy atom. The predicted molar refractivity (Wildman–Crippen MR) is 75.2 cm³/mol. The zero-order chi connectivity index (χ0) is 14.1. The molecule has 6 nitrogen and oxygen atoms in total. The molecule has 2 aromatic rings. The van der Waals surface area contributed by atoms with Crippen molar-refractivity contribution in [3.8, 4) is 5.69 Å². The van der Waals surface area contributed by atoms with Gasteiger partial charge in [-0.15, -0.1) is 10.2 Å². The van der Waals surface area contributed by atoms with Gasteiger partial charge in [-0.3, -0.25) is 4.57 Å². The van der Waals surface area contributed by atoms with Gasteiger partial charge in [-0.25, -0.2) is 4.98 Å². The topological polar surface area (TPSA) is 59.7 Å². The standard InChI is InChI=1S/C13H15ClN6/c1-7(2)20-10-9(6-15-12(14)16-10)19-8(3)17-18-11(19)13(20)4-5-13/h6-7H,4-5H2,1-3H3. The number of aromatic nitrogens is 5. The maximum Gasteiger partial charge on any atom is 0.224 e. The molecule has 4 rings (SSSR count). The van der Waals surface area contributed by atoms with Gasteiger partial charge >= 0.3 is 0 Å². The van der Waals surface area contributed by atoms with Gasteiger partial charge in [0.15, 0.2) is 11.6 Å². The normalized spacial score (nSPS) is 18.4. The van der Waals surface area contributed by atoms with Crippen LogP contribution in [0.3, 0.4) is 0 Å². The van der Waals surface area contributed by atoms with Crippen LogP contribution in [-0.4, -0.2) is 30.8 Å². The van der Waals surface area contributed by atoms with Gasteiger partial charge in [-0.05, 0) is 45.2 Å². The molecule has 0 unspecified atom stereocenters. The van der Waals surface area contributed by atoms with Gasteiger partial charge in [0.25, 0.3) is 0 Å². The summed E-state index contributed by atoms with van der Waals surface area (Å²) in [6.07, 6.45) is 3.91. The lowest BCUT2D eigenvalue weighted by molar-refractivity contribution is 0.494. The highest BCUT2D eigenvalue weighted by molar-refractivity contribution is 6.28. The van der Waals surface area contributed by atoms with Crippen LogP contribution >= 0.6 is 11.6 Å². The molecule has 0 saturated heterocycles. The quantitative estimate of drug-likeness (QED) is 0.754. The zero-order valence-corrected chi connectivity index (χ0v) is 12.4. The first kappa shape index (κ1) is 12.1. The third-order valence-corrected chi connectivity index (χ3v) is 4.31. The summed E-state index contributed by atoms with van der Waals surface area (Å²) in [4.78, 5) is 10.9. The Labute approximate surface area is 121 Å². The Balaban J connectivity index is 2.06. The highest BCUT2D eigenvalue weighted by Gasteiger charge is 2.58. The molecule has 1 fully saturated rings. The Morgan fingerprint density at radius 1 is 1.30 bits per heavy atom. The Hall–Kier alpha value is -1.69. The number of halogens is 1. The molecule has 1 spiro atoms. The number of hydrogen-bond acceptors (Lipinski definition) is 5. The number of hydrogen-bond donors (Lipinski definition) is 0. The molecule has 0 atom stereocenters. The van der Waals surface area contributed by atoms with Gasteiger partial charge in [-0.2, -0.15) is 4.98 Å². The molecule has 1 aliphatic heterocycles. The van der Waals surface area contributed by atoms with Crippen LogP contribution in [0.15, 0.2) is 6.20 Å². The molecule has 2 aliphatic rings. The third-order valence-electron chi connectivity index (χ3n) is 4.13. The van der Waals surface area contributed by atoms with Crippen LogP contribution < -0.4 is 4.90 Å². The first-order valence-corrected chi connectivity index (χ1v) is 7.17. The smallest absolute Gasteiger partial charge is 0.224 e. The molecule has 1 aliphatic carbocycles. The molecular formula is C13H15ClN6. The minimum atomic E-state index is -0.0693. The number of anilines is 1. The lowest BCUT2D eigenvalue weighted by Gasteiger charge is -2.40. The zero-order valence-electron chi connectivity index (χ0n) is 11.6. The molecular weight excluding hydrogens is 276 g/mol. The maximum atomic E-state index is 6.01. The lowest BCUT2D eigenvalue weighted by atomic mass is 10.1. The number of fused-ring (bicyclic) bond motifs is 4. The van der Waals surface area contributed by atoms with E-state index in [-0.39, 0.29) is 10.8 Å². The van der Waals surface area contributed by atoms with Crippen LogP contribution in [0.5, 0.6) is 0 Å². The lowest BCUT2D eigenvalue weighted by Crippen LogP contribution is -2.46. The maximum absolute atomic E-state index is 6.01. The first-order valence-electron chi connectivity index (χ1n) is 6.79. The number of rotatable bonds is 1. The highest BCUT2D eigenvalue weighted by Crippen LogP contribution is 2.56. The van der Waals surface area contributed by atoms with Gasteiger partial charge in [0.2, 0.25) is 5.28 Å². The molecule has 104 valence electrons. The SMILES string of the molecule is Cc1nnc2n1-c1cnc(Cl)nc1N(C(C)C)C21CC1. The summed E-state index contributed by atoms with van der Waals surface area (Å²) in [5.74, 6) is 2.75. The van der Waals surface area contributed by atoms with E-state index in [4.69, 9.17) is 11.6 Å². The fourth-order valence-corrected chi connectivity index (χ4v) is 3.39. The van der Waals surface area contributed by atoms with Gasteiger partial charge in [0.05, 0.1) is 6.20 Å². The van der Waals surface area contributed by atoms with E-state index in [1.807, 2.05) is 6.92 Å². The summed E-state index contributed by atoms with van der Waals surface area (Å²) in [7, 11) is 0. The fraction of sp³-hybridized carbons (Fsp3) is 0.538. The summed E-state index contributed by atoms with van der Waals surface area (Å²) >= 11 is 6.01. The van der Waals surface area contributed by atoms with Crippen molar-refractivity contribution in [3.63, 3.8) is 0 Å². The van der Waals surface area contributed by atoms with Crippen molar-refractivity contribution in [1.82, 2.24) is 24.7 Å². The predicted octanol–water partition coefficient (Wildman–Crippen LogP) is 2.24. The van der Waals surface area contributed by atoms with E-state index in [1.165, 1.54) is 0 Å². The molecule has 3 heterocycles. The molecule has 20 heavy (non-hydrogen) atoms. The van der Waals surface area contributed by atoms with Crippen molar-refractivity contribution in [2.24, 2.45) is 0 Å². The summed E-state index contributed by atoms with van der Waals surface area (Å²) in [5, 5.41) is 8.93. The minimum absolute atomic E-state index is 0.0693. The summed E-state index contributed by atoms with van der Waals surface area (Å²) in [6, 6.07) is 0.313. The van der Waals surface area contributed by atoms with Crippen LogP contribution in [0.2, 0.25) is 5.28 Å². The van der Waals surface area contributed by atoms with Gasteiger partial charge in [0, 0.05) is 6.04 Å². The third kappa shape index (κ3) is 1.35. The minimum Gasteiger partial charge on any atom is -0.339 e. The Kier molecular flexibility index (Phi) is 2.23. The average Bonchev–Trinajstić information content (AvgIpc) is 3.06. The molecule has 0 aromatic carbocycles. The van der Waals surface area contributed by atoms with Crippen LogP contribution in [0.1, 0.15) is 38.3 Å². The van der Waals surface area contributed by atoms with Crippen molar-refractivity contribution in [3.05, 3.63) is 23.1 Å².